The van der Waals surface area contributed by atoms with Crippen molar-refractivity contribution in [3.8, 4) is 11.1 Å². The molecule has 2 aliphatic carbocycles. The second kappa shape index (κ2) is 9.36. The molecule has 2 aromatic rings. The maximum atomic E-state index is 13.4. The molecule has 3 N–H and O–H groups in total. The van der Waals surface area contributed by atoms with Gasteiger partial charge < -0.3 is 20.5 Å². The second-order valence-electron chi connectivity index (χ2n) is 8.49. The summed E-state index contributed by atoms with van der Waals surface area (Å²) < 4.78 is 45.4. The van der Waals surface area contributed by atoms with Crippen molar-refractivity contribution in [1.29, 1.82) is 0 Å². The second-order valence-corrected chi connectivity index (χ2v) is 8.49. The van der Waals surface area contributed by atoms with Crippen molar-refractivity contribution < 1.29 is 37.4 Å². The topological polar surface area (TPSA) is 105 Å². The van der Waals surface area contributed by atoms with Crippen molar-refractivity contribution in [2.24, 2.45) is 17.8 Å². The van der Waals surface area contributed by atoms with Gasteiger partial charge in [0.2, 0.25) is 5.91 Å². The average Bonchev–Trinajstić information content (AvgIpc) is 3.51. The van der Waals surface area contributed by atoms with E-state index in [2.05, 4.69) is 5.32 Å². The lowest BCUT2D eigenvalue weighted by Crippen LogP contribution is -2.46. The van der Waals surface area contributed by atoms with Crippen molar-refractivity contribution in [3.63, 3.8) is 0 Å². The monoisotopic (exact) mass is 476 g/mol. The minimum Gasteiger partial charge on any atom is -0.481 e. The molecule has 0 saturated heterocycles. The molecule has 7 nitrogen and oxygen atoms in total. The summed E-state index contributed by atoms with van der Waals surface area (Å²) in [7, 11) is 0. The molecule has 0 bridgehead atoms. The molecule has 2 aliphatic rings. The van der Waals surface area contributed by atoms with E-state index >= 15 is 0 Å². The first kappa shape index (κ1) is 23.6. The van der Waals surface area contributed by atoms with Gasteiger partial charge in [0.15, 0.2) is 5.92 Å². The van der Waals surface area contributed by atoms with Crippen LogP contribution in [-0.4, -0.2) is 48.9 Å². The minimum atomic E-state index is -4.89. The molecular formula is C24H23F3N2O5. The molecule has 0 aliphatic heterocycles. The molecule has 4 rings (SSSR count). The Morgan fingerprint density at radius 3 is 2.12 bits per heavy atom. The van der Waals surface area contributed by atoms with E-state index in [1.807, 2.05) is 53.8 Å². The van der Waals surface area contributed by atoms with Crippen LogP contribution in [0.1, 0.15) is 23.5 Å². The molecule has 0 spiro atoms. The van der Waals surface area contributed by atoms with Gasteiger partial charge in [-0.2, -0.15) is 13.2 Å². The summed E-state index contributed by atoms with van der Waals surface area (Å²) in [6, 6.07) is 15.3. The van der Waals surface area contributed by atoms with E-state index < -0.39 is 42.5 Å². The van der Waals surface area contributed by atoms with Crippen molar-refractivity contribution >= 4 is 18.0 Å². The predicted octanol–water partition coefficient (Wildman–Crippen LogP) is 3.54. The van der Waals surface area contributed by atoms with Crippen LogP contribution in [0.4, 0.5) is 18.0 Å². The minimum absolute atomic E-state index is 0.0685. The molecule has 0 heterocycles. The fourth-order valence-corrected chi connectivity index (χ4v) is 4.32. The number of fused-ring (bicyclic) bond motifs is 3. The van der Waals surface area contributed by atoms with Gasteiger partial charge in [0, 0.05) is 19.0 Å². The average molecular weight is 476 g/mol. The Balaban J connectivity index is 1.31. The van der Waals surface area contributed by atoms with E-state index in [4.69, 9.17) is 9.84 Å². The van der Waals surface area contributed by atoms with Gasteiger partial charge in [0.05, 0.1) is 5.92 Å². The molecule has 34 heavy (non-hydrogen) atoms. The van der Waals surface area contributed by atoms with Crippen LogP contribution in [0.25, 0.3) is 11.1 Å². The maximum Gasteiger partial charge on any atom is 0.407 e. The van der Waals surface area contributed by atoms with Crippen LogP contribution in [0, 0.1) is 17.8 Å². The fraction of sp³-hybridized carbons (Fsp3) is 0.375. The van der Waals surface area contributed by atoms with E-state index in [9.17, 15) is 27.6 Å². The van der Waals surface area contributed by atoms with Crippen LogP contribution in [0.15, 0.2) is 48.5 Å². The predicted molar refractivity (Wildman–Crippen MR) is 115 cm³/mol. The molecule has 0 aromatic heterocycles. The SMILES string of the molecule is O=C(NCC(C(=O)NC[C@@H]1C[C@@H]1C(=O)O)C(F)(F)F)OCC1c2ccccc2-c2ccccc21. The maximum absolute atomic E-state index is 13.4. The number of hydrogen-bond donors (Lipinski definition) is 3. The van der Waals surface area contributed by atoms with Crippen molar-refractivity contribution in [1.82, 2.24) is 10.6 Å². The fourth-order valence-electron chi connectivity index (χ4n) is 4.32. The molecule has 0 radical (unpaired) electrons. The summed E-state index contributed by atoms with van der Waals surface area (Å²) >= 11 is 0. The van der Waals surface area contributed by atoms with Gasteiger partial charge in [-0.1, -0.05) is 48.5 Å². The Labute approximate surface area is 193 Å². The molecular weight excluding hydrogens is 453 g/mol. The largest absolute Gasteiger partial charge is 0.481 e. The number of carboxylic acids is 1. The molecule has 1 fully saturated rings. The van der Waals surface area contributed by atoms with E-state index in [0.29, 0.717) is 6.42 Å². The van der Waals surface area contributed by atoms with Crippen molar-refractivity contribution in [3.05, 3.63) is 59.7 Å². The third-order valence-electron chi connectivity index (χ3n) is 6.28. The summed E-state index contributed by atoms with van der Waals surface area (Å²) in [6.45, 7) is -1.21. The van der Waals surface area contributed by atoms with Gasteiger partial charge in [-0.25, -0.2) is 4.79 Å². The lowest BCUT2D eigenvalue weighted by atomic mass is 9.98. The number of hydrogen-bond acceptors (Lipinski definition) is 4. The van der Waals surface area contributed by atoms with Gasteiger partial charge in [0.25, 0.3) is 0 Å². The third kappa shape index (κ3) is 5.00. The summed E-state index contributed by atoms with van der Waals surface area (Å²) in [4.78, 5) is 35.1. The number of halogens is 3. The van der Waals surface area contributed by atoms with Crippen LogP contribution in [0.2, 0.25) is 0 Å². The van der Waals surface area contributed by atoms with E-state index in [1.54, 1.807) is 0 Å². The summed E-state index contributed by atoms with van der Waals surface area (Å²) in [5, 5.41) is 13.0. The molecule has 1 saturated carbocycles. The first-order chi connectivity index (χ1) is 16.2. The number of nitrogens with one attached hydrogen (secondary N) is 2. The first-order valence-electron chi connectivity index (χ1n) is 10.8. The number of rotatable bonds is 8. The normalized spacial score (nSPS) is 19.5. The number of ether oxygens (including phenoxy) is 1. The lowest BCUT2D eigenvalue weighted by Gasteiger charge is -2.20. The zero-order valence-electron chi connectivity index (χ0n) is 18.0. The number of carbonyl (C=O) groups excluding carboxylic acids is 2. The van der Waals surface area contributed by atoms with Crippen LogP contribution in [0.3, 0.4) is 0 Å². The number of carbonyl (C=O) groups is 3. The van der Waals surface area contributed by atoms with Gasteiger partial charge in [-0.05, 0) is 34.6 Å². The smallest absolute Gasteiger partial charge is 0.407 e. The highest BCUT2D eigenvalue weighted by molar-refractivity contribution is 5.81. The van der Waals surface area contributed by atoms with Gasteiger partial charge in [-0.3, -0.25) is 9.59 Å². The zero-order valence-corrected chi connectivity index (χ0v) is 18.0. The standard InChI is InChI=1S/C24H23F3N2O5/c25-24(26,27)20(21(30)28-10-13-9-18(13)22(31)32)11-29-23(33)34-12-19-16-7-3-1-5-14(16)15-6-2-4-8-17(15)19/h1-8,13,18-20H,9-12H2,(H,28,30)(H,29,33)(H,31,32)/t13-,18-,20?/m0/s1. The summed E-state index contributed by atoms with van der Waals surface area (Å²) in [5.41, 5.74) is 3.95. The number of carboxylic acid groups (broad SMARTS) is 1. The van der Waals surface area contributed by atoms with Gasteiger partial charge in [-0.15, -0.1) is 0 Å². The third-order valence-corrected chi connectivity index (χ3v) is 6.28. The Morgan fingerprint density at radius 2 is 1.59 bits per heavy atom. The number of amides is 2. The van der Waals surface area contributed by atoms with Crippen molar-refractivity contribution in [2.45, 2.75) is 18.5 Å². The first-order valence-corrected chi connectivity index (χ1v) is 10.8. The molecule has 1 unspecified atom stereocenters. The zero-order chi connectivity index (χ0) is 24.5. The highest BCUT2D eigenvalue weighted by Gasteiger charge is 2.47. The van der Waals surface area contributed by atoms with E-state index in [-0.39, 0.29) is 25.0 Å². The molecule has 10 heteroatoms. The number of alkyl halides is 3. The Morgan fingerprint density at radius 1 is 1.00 bits per heavy atom. The van der Waals surface area contributed by atoms with Crippen LogP contribution < -0.4 is 10.6 Å². The molecule has 180 valence electrons. The van der Waals surface area contributed by atoms with Crippen molar-refractivity contribution in [2.75, 3.05) is 19.7 Å². The number of aliphatic carboxylic acids is 1. The Kier molecular flexibility index (Phi) is 6.49. The summed E-state index contributed by atoms with van der Waals surface area (Å²) in [5.74, 6) is -6.12. The van der Waals surface area contributed by atoms with Gasteiger partial charge in [0.1, 0.15) is 6.61 Å². The summed E-state index contributed by atoms with van der Waals surface area (Å²) in [6.07, 6.45) is -5.64. The van der Waals surface area contributed by atoms with Crippen LogP contribution >= 0.6 is 0 Å². The lowest BCUT2D eigenvalue weighted by molar-refractivity contribution is -0.181. The molecule has 3 atom stereocenters. The highest BCUT2D eigenvalue weighted by atomic mass is 19.4. The van der Waals surface area contributed by atoms with E-state index in [1.165, 1.54) is 0 Å². The number of alkyl carbamates (subject to hydrolysis) is 1. The quantitative estimate of drug-likeness (QED) is 0.541. The number of benzene rings is 2. The Bertz CT molecular complexity index is 1060. The highest BCUT2D eigenvalue weighted by Crippen LogP contribution is 2.44. The molecule has 2 aromatic carbocycles. The van der Waals surface area contributed by atoms with E-state index in [0.717, 1.165) is 22.3 Å². The van der Waals surface area contributed by atoms with Gasteiger partial charge >= 0.3 is 18.2 Å². The Hall–Kier alpha value is -3.56. The van der Waals surface area contributed by atoms with Crippen LogP contribution in [-0.2, 0) is 14.3 Å². The molecule has 2 amide bonds. The van der Waals surface area contributed by atoms with Crippen LogP contribution in [0.5, 0.6) is 0 Å².